The number of nitrogens with two attached hydrogens (primary N) is 1. The van der Waals surface area contributed by atoms with Gasteiger partial charge in [0.1, 0.15) is 6.04 Å². The van der Waals surface area contributed by atoms with Gasteiger partial charge in [0.05, 0.1) is 0 Å². The number of aryl methyl sites for hydroxylation is 1. The maximum atomic E-state index is 12.6. The Bertz CT molecular complexity index is 638. The minimum atomic E-state index is -0.557. The van der Waals surface area contributed by atoms with Gasteiger partial charge >= 0.3 is 0 Å². The van der Waals surface area contributed by atoms with E-state index in [1.165, 1.54) is 5.56 Å². The molecule has 1 aliphatic rings. The zero-order valence-corrected chi connectivity index (χ0v) is 16.0. The molecule has 1 aromatic heterocycles. The van der Waals surface area contributed by atoms with Gasteiger partial charge in [0.25, 0.3) is 0 Å². The molecule has 0 saturated carbocycles. The first-order valence-corrected chi connectivity index (χ1v) is 8.22. The highest BCUT2D eigenvalue weighted by atomic mass is 35.5. The number of carbonyl (C=O) groups is 1. The summed E-state index contributed by atoms with van der Waals surface area (Å²) in [6, 6.07) is 9.28. The van der Waals surface area contributed by atoms with Gasteiger partial charge in [-0.3, -0.25) is 9.48 Å². The summed E-state index contributed by atoms with van der Waals surface area (Å²) in [7, 11) is 0. The van der Waals surface area contributed by atoms with Crippen LogP contribution in [0.4, 0.5) is 0 Å². The number of halogens is 2. The highest BCUT2D eigenvalue weighted by Crippen LogP contribution is 2.22. The molecule has 1 fully saturated rings. The highest BCUT2D eigenvalue weighted by molar-refractivity contribution is 5.85. The zero-order chi connectivity index (χ0) is 16.2. The van der Waals surface area contributed by atoms with Gasteiger partial charge in [0.15, 0.2) is 0 Å². The van der Waals surface area contributed by atoms with Crippen LogP contribution in [0.1, 0.15) is 30.0 Å². The van der Waals surface area contributed by atoms with Crippen molar-refractivity contribution in [1.82, 2.24) is 14.7 Å². The summed E-state index contributed by atoms with van der Waals surface area (Å²) in [6.07, 6.45) is 5.81. The molecule has 25 heavy (non-hydrogen) atoms. The number of carbonyl (C=O) groups excluding carboxylic acids is 1. The largest absolute Gasteiger partial charge is 0.341 e. The minimum Gasteiger partial charge on any atom is -0.341 e. The number of likely N-dealkylation sites (tertiary alicyclic amines) is 1. The number of hydrogen-bond acceptors (Lipinski definition) is 3. The Morgan fingerprint density at radius 2 is 1.88 bits per heavy atom. The molecule has 1 aliphatic heterocycles. The van der Waals surface area contributed by atoms with Crippen molar-refractivity contribution in [3.63, 3.8) is 0 Å². The zero-order valence-electron chi connectivity index (χ0n) is 14.4. The van der Waals surface area contributed by atoms with Crippen LogP contribution in [-0.4, -0.2) is 33.7 Å². The van der Waals surface area contributed by atoms with Crippen LogP contribution in [0.5, 0.6) is 0 Å². The summed E-state index contributed by atoms with van der Waals surface area (Å²) in [5.41, 5.74) is 8.22. The molecule has 1 saturated heterocycles. The van der Waals surface area contributed by atoms with Crippen LogP contribution in [0.15, 0.2) is 42.7 Å². The van der Waals surface area contributed by atoms with E-state index in [0.717, 1.165) is 38.0 Å². The van der Waals surface area contributed by atoms with E-state index in [4.69, 9.17) is 5.73 Å². The quantitative estimate of drug-likeness (QED) is 0.880. The second kappa shape index (κ2) is 9.80. The van der Waals surface area contributed by atoms with Crippen molar-refractivity contribution < 1.29 is 4.79 Å². The fourth-order valence-corrected chi connectivity index (χ4v) is 3.12. The maximum absolute atomic E-state index is 12.6. The Balaban J connectivity index is 0.00000156. The summed E-state index contributed by atoms with van der Waals surface area (Å²) in [4.78, 5) is 14.5. The van der Waals surface area contributed by atoms with Gasteiger partial charge in [-0.1, -0.05) is 29.8 Å². The Labute approximate surface area is 161 Å². The Kier molecular flexibility index (Phi) is 8.42. The van der Waals surface area contributed by atoms with Gasteiger partial charge in [0, 0.05) is 32.0 Å². The van der Waals surface area contributed by atoms with Crippen LogP contribution in [-0.2, 0) is 11.3 Å². The number of rotatable bonds is 4. The second-order valence-electron chi connectivity index (χ2n) is 6.39. The lowest BCUT2D eigenvalue weighted by Crippen LogP contribution is -2.43. The number of nitrogens with zero attached hydrogens (tertiary/aromatic N) is 3. The third kappa shape index (κ3) is 5.46. The lowest BCUT2D eigenvalue weighted by molar-refractivity contribution is -0.134. The van der Waals surface area contributed by atoms with Gasteiger partial charge in [-0.25, -0.2) is 0 Å². The fourth-order valence-electron chi connectivity index (χ4n) is 3.12. The first kappa shape index (κ1) is 21.5. The van der Waals surface area contributed by atoms with Crippen molar-refractivity contribution in [2.45, 2.75) is 32.4 Å². The molecule has 7 heteroatoms. The van der Waals surface area contributed by atoms with E-state index in [1.54, 1.807) is 6.20 Å². The van der Waals surface area contributed by atoms with Gasteiger partial charge in [0.2, 0.25) is 5.91 Å². The van der Waals surface area contributed by atoms with Crippen molar-refractivity contribution in [3.8, 4) is 0 Å². The average molecular weight is 385 g/mol. The van der Waals surface area contributed by atoms with Crippen molar-refractivity contribution in [3.05, 3.63) is 53.9 Å². The molecule has 1 amide bonds. The van der Waals surface area contributed by atoms with Crippen LogP contribution >= 0.6 is 24.8 Å². The summed E-state index contributed by atoms with van der Waals surface area (Å²) in [5.74, 6) is 0.612. The standard InChI is InChI=1S/C18H24N4O.2ClH/c1-14-3-5-16(6-4-14)17(19)18(23)21-11-7-15(8-12-21)13-22-10-2-9-20-22;;/h2-6,9-10,15,17H,7-8,11-13,19H2,1H3;2*1H. The monoisotopic (exact) mass is 384 g/mol. The Morgan fingerprint density at radius 1 is 1.24 bits per heavy atom. The van der Waals surface area contributed by atoms with E-state index >= 15 is 0 Å². The van der Waals surface area contributed by atoms with Crippen molar-refractivity contribution >= 4 is 30.7 Å². The van der Waals surface area contributed by atoms with Crippen LogP contribution in [0.3, 0.4) is 0 Å². The number of aromatic nitrogens is 2. The van der Waals surface area contributed by atoms with Gasteiger partial charge in [-0.15, -0.1) is 24.8 Å². The smallest absolute Gasteiger partial charge is 0.244 e. The summed E-state index contributed by atoms with van der Waals surface area (Å²) < 4.78 is 1.97. The molecule has 138 valence electrons. The lowest BCUT2D eigenvalue weighted by Gasteiger charge is -2.33. The Morgan fingerprint density at radius 3 is 2.44 bits per heavy atom. The average Bonchev–Trinajstić information content (AvgIpc) is 3.08. The molecule has 0 aliphatic carbocycles. The third-order valence-corrected chi connectivity index (χ3v) is 4.63. The molecule has 0 spiro atoms. The SMILES string of the molecule is Cc1ccc(C(N)C(=O)N2CCC(Cn3cccn3)CC2)cc1.Cl.Cl. The molecule has 0 radical (unpaired) electrons. The van der Waals surface area contributed by atoms with E-state index < -0.39 is 6.04 Å². The van der Waals surface area contributed by atoms with Gasteiger partial charge in [-0.05, 0) is 37.3 Å². The van der Waals surface area contributed by atoms with Crippen LogP contribution in [0.25, 0.3) is 0 Å². The maximum Gasteiger partial charge on any atom is 0.244 e. The summed E-state index contributed by atoms with van der Waals surface area (Å²) >= 11 is 0. The number of piperidine rings is 1. The number of benzene rings is 1. The molecule has 1 atom stereocenters. The van der Waals surface area contributed by atoms with E-state index in [9.17, 15) is 4.79 Å². The molecule has 1 unspecified atom stereocenters. The topological polar surface area (TPSA) is 64.2 Å². The van der Waals surface area contributed by atoms with Crippen molar-refractivity contribution in [1.29, 1.82) is 0 Å². The van der Waals surface area contributed by atoms with Crippen LogP contribution in [0, 0.1) is 12.8 Å². The molecule has 2 heterocycles. The number of amides is 1. The summed E-state index contributed by atoms with van der Waals surface area (Å²) in [6.45, 7) is 4.52. The van der Waals surface area contributed by atoms with Crippen LogP contribution in [0.2, 0.25) is 0 Å². The first-order valence-electron chi connectivity index (χ1n) is 8.22. The van der Waals surface area contributed by atoms with E-state index in [0.29, 0.717) is 5.92 Å². The third-order valence-electron chi connectivity index (χ3n) is 4.63. The second-order valence-corrected chi connectivity index (χ2v) is 6.39. The van der Waals surface area contributed by atoms with Gasteiger partial charge < -0.3 is 10.6 Å². The molecular formula is C18H26Cl2N4O. The predicted octanol–water partition coefficient (Wildman–Crippen LogP) is 2.97. The minimum absolute atomic E-state index is 0. The first-order chi connectivity index (χ1) is 11.1. The molecule has 0 bridgehead atoms. The fraction of sp³-hybridized carbons (Fsp3) is 0.444. The van der Waals surface area contributed by atoms with E-state index in [-0.39, 0.29) is 30.7 Å². The van der Waals surface area contributed by atoms with E-state index in [2.05, 4.69) is 5.10 Å². The molecule has 3 rings (SSSR count). The normalized spacial score (nSPS) is 15.8. The lowest BCUT2D eigenvalue weighted by atomic mass is 9.95. The molecular weight excluding hydrogens is 359 g/mol. The van der Waals surface area contributed by atoms with Crippen molar-refractivity contribution in [2.75, 3.05) is 13.1 Å². The predicted molar refractivity (Wildman–Crippen MR) is 104 cm³/mol. The van der Waals surface area contributed by atoms with E-state index in [1.807, 2.05) is 53.0 Å². The summed E-state index contributed by atoms with van der Waals surface area (Å²) in [5, 5.41) is 4.26. The van der Waals surface area contributed by atoms with Crippen LogP contribution < -0.4 is 5.73 Å². The molecule has 5 nitrogen and oxygen atoms in total. The van der Waals surface area contributed by atoms with Gasteiger partial charge in [-0.2, -0.15) is 5.10 Å². The van der Waals surface area contributed by atoms with Crippen molar-refractivity contribution in [2.24, 2.45) is 11.7 Å². The highest BCUT2D eigenvalue weighted by Gasteiger charge is 2.27. The molecule has 2 aromatic rings. The molecule has 1 aromatic carbocycles. The number of hydrogen-bond donors (Lipinski definition) is 1. The molecule has 2 N–H and O–H groups in total. The Hall–Kier alpha value is -1.56.